The van der Waals surface area contributed by atoms with E-state index >= 15 is 0 Å². The predicted molar refractivity (Wildman–Crippen MR) is 72.2 cm³/mol. The SMILES string of the molecule is NNc1cccc(C(=O)NC2CCOCC2)c1[N+](=O)[O-]. The van der Waals surface area contributed by atoms with Crippen LogP contribution in [0.1, 0.15) is 23.2 Å². The van der Waals surface area contributed by atoms with Gasteiger partial charge < -0.3 is 15.5 Å². The van der Waals surface area contributed by atoms with Crippen molar-refractivity contribution < 1.29 is 14.5 Å². The molecule has 0 radical (unpaired) electrons. The van der Waals surface area contributed by atoms with E-state index in [-0.39, 0.29) is 23.0 Å². The van der Waals surface area contributed by atoms with Gasteiger partial charge in [-0.2, -0.15) is 0 Å². The Balaban J connectivity index is 2.22. The molecule has 1 aromatic rings. The van der Waals surface area contributed by atoms with Crippen molar-refractivity contribution >= 4 is 17.3 Å². The molecular formula is C12H16N4O4. The molecule has 0 bridgehead atoms. The molecule has 8 heteroatoms. The van der Waals surface area contributed by atoms with Gasteiger partial charge in [0.15, 0.2) is 0 Å². The first-order valence-electron chi connectivity index (χ1n) is 6.26. The normalized spacial score (nSPS) is 15.7. The lowest BCUT2D eigenvalue weighted by Crippen LogP contribution is -2.39. The average molecular weight is 280 g/mol. The van der Waals surface area contributed by atoms with Crippen molar-refractivity contribution in [1.29, 1.82) is 0 Å². The third-order valence-electron chi connectivity index (χ3n) is 3.18. The molecule has 1 heterocycles. The van der Waals surface area contributed by atoms with Crippen molar-refractivity contribution in [1.82, 2.24) is 5.32 Å². The number of nitro groups is 1. The number of ether oxygens (including phenoxy) is 1. The summed E-state index contributed by atoms with van der Waals surface area (Å²) in [4.78, 5) is 22.7. The number of nitrogens with zero attached hydrogens (tertiary/aromatic N) is 1. The monoisotopic (exact) mass is 280 g/mol. The van der Waals surface area contributed by atoms with E-state index in [9.17, 15) is 14.9 Å². The van der Waals surface area contributed by atoms with E-state index in [1.54, 1.807) is 6.07 Å². The molecule has 1 amide bonds. The summed E-state index contributed by atoms with van der Waals surface area (Å²) in [5.41, 5.74) is 2.02. The molecule has 1 aliphatic heterocycles. The molecule has 1 saturated heterocycles. The summed E-state index contributed by atoms with van der Waals surface area (Å²) in [6.45, 7) is 1.16. The molecule has 0 aliphatic carbocycles. The summed E-state index contributed by atoms with van der Waals surface area (Å²) in [7, 11) is 0. The molecule has 108 valence electrons. The number of carbonyl (C=O) groups excluding carboxylic acids is 1. The lowest BCUT2D eigenvalue weighted by molar-refractivity contribution is -0.384. The smallest absolute Gasteiger partial charge is 0.306 e. The van der Waals surface area contributed by atoms with Crippen LogP contribution in [-0.2, 0) is 4.74 Å². The number of hydrogen-bond donors (Lipinski definition) is 3. The number of carbonyl (C=O) groups is 1. The fraction of sp³-hybridized carbons (Fsp3) is 0.417. The number of rotatable bonds is 4. The maximum absolute atomic E-state index is 12.2. The molecule has 0 saturated carbocycles. The molecule has 2 rings (SSSR count). The van der Waals surface area contributed by atoms with Crippen LogP contribution in [0, 0.1) is 10.1 Å². The highest BCUT2D eigenvalue weighted by Gasteiger charge is 2.26. The van der Waals surface area contributed by atoms with Crippen LogP contribution in [0.25, 0.3) is 0 Å². The van der Waals surface area contributed by atoms with Gasteiger partial charge in [0.05, 0.1) is 4.92 Å². The molecule has 4 N–H and O–H groups in total. The minimum Gasteiger partial charge on any atom is -0.381 e. The van der Waals surface area contributed by atoms with E-state index in [2.05, 4.69) is 10.7 Å². The van der Waals surface area contributed by atoms with Crippen LogP contribution in [-0.4, -0.2) is 30.1 Å². The average Bonchev–Trinajstić information content (AvgIpc) is 2.47. The minimum absolute atomic E-state index is 0.00283. The Labute approximate surface area is 115 Å². The zero-order valence-electron chi connectivity index (χ0n) is 10.8. The summed E-state index contributed by atoms with van der Waals surface area (Å²) in [5.74, 6) is 4.77. The standard InChI is InChI=1S/C12H16N4O4/c13-15-10-3-1-2-9(11(10)16(18)19)12(17)14-8-4-6-20-7-5-8/h1-3,8,15H,4-7,13H2,(H,14,17). The molecular weight excluding hydrogens is 264 g/mol. The van der Waals surface area contributed by atoms with Gasteiger partial charge in [-0.15, -0.1) is 0 Å². The topological polar surface area (TPSA) is 120 Å². The fourth-order valence-electron chi connectivity index (χ4n) is 2.14. The summed E-state index contributed by atoms with van der Waals surface area (Å²) < 4.78 is 5.20. The van der Waals surface area contributed by atoms with Crippen LogP contribution in [0.3, 0.4) is 0 Å². The second-order valence-electron chi connectivity index (χ2n) is 4.46. The first-order valence-corrected chi connectivity index (χ1v) is 6.26. The minimum atomic E-state index is -0.617. The van der Waals surface area contributed by atoms with Crippen LogP contribution in [0.2, 0.25) is 0 Å². The number of nitro benzene ring substituents is 1. The van der Waals surface area contributed by atoms with Crippen molar-refractivity contribution in [2.75, 3.05) is 18.6 Å². The van der Waals surface area contributed by atoms with Gasteiger partial charge in [-0.25, -0.2) is 0 Å². The molecule has 0 unspecified atom stereocenters. The molecule has 8 nitrogen and oxygen atoms in total. The van der Waals surface area contributed by atoms with E-state index in [0.717, 1.165) is 0 Å². The second kappa shape index (κ2) is 6.31. The Morgan fingerprint density at radius 2 is 2.10 bits per heavy atom. The van der Waals surface area contributed by atoms with Crippen molar-refractivity contribution in [2.45, 2.75) is 18.9 Å². The fourth-order valence-corrected chi connectivity index (χ4v) is 2.14. The number of amides is 1. The zero-order chi connectivity index (χ0) is 14.5. The van der Waals surface area contributed by atoms with Crippen molar-refractivity contribution in [3.8, 4) is 0 Å². The molecule has 20 heavy (non-hydrogen) atoms. The quantitative estimate of drug-likeness (QED) is 0.426. The van der Waals surface area contributed by atoms with Gasteiger partial charge >= 0.3 is 5.69 Å². The summed E-state index contributed by atoms with van der Waals surface area (Å²) in [6, 6.07) is 4.38. The van der Waals surface area contributed by atoms with Crippen LogP contribution < -0.4 is 16.6 Å². The van der Waals surface area contributed by atoms with Crippen LogP contribution in [0.15, 0.2) is 18.2 Å². The molecule has 0 atom stereocenters. The number of nitrogens with two attached hydrogens (primary N) is 1. The van der Waals surface area contributed by atoms with Gasteiger partial charge in [0, 0.05) is 19.3 Å². The van der Waals surface area contributed by atoms with E-state index in [1.165, 1.54) is 12.1 Å². The summed E-state index contributed by atoms with van der Waals surface area (Å²) in [5, 5.41) is 13.9. The van der Waals surface area contributed by atoms with Crippen LogP contribution >= 0.6 is 0 Å². The van der Waals surface area contributed by atoms with Crippen LogP contribution in [0.4, 0.5) is 11.4 Å². The number of hydrogen-bond acceptors (Lipinski definition) is 6. The highest BCUT2D eigenvalue weighted by Crippen LogP contribution is 2.28. The molecule has 0 spiro atoms. The first-order chi connectivity index (χ1) is 9.63. The molecule has 1 fully saturated rings. The van der Waals surface area contributed by atoms with Gasteiger partial charge in [0.1, 0.15) is 11.3 Å². The van der Waals surface area contributed by atoms with E-state index in [0.29, 0.717) is 26.1 Å². The third-order valence-corrected chi connectivity index (χ3v) is 3.18. The Bertz CT molecular complexity index is 514. The predicted octanol–water partition coefficient (Wildman–Crippen LogP) is 0.789. The second-order valence-corrected chi connectivity index (χ2v) is 4.46. The maximum atomic E-state index is 12.2. The highest BCUT2D eigenvalue weighted by molar-refractivity contribution is 6.00. The number of hydrazine groups is 1. The first kappa shape index (κ1) is 14.2. The number of anilines is 1. The van der Waals surface area contributed by atoms with E-state index < -0.39 is 10.8 Å². The maximum Gasteiger partial charge on any atom is 0.306 e. The highest BCUT2D eigenvalue weighted by atomic mass is 16.6. The Kier molecular flexibility index (Phi) is 4.49. The molecule has 0 aromatic heterocycles. The van der Waals surface area contributed by atoms with Crippen LogP contribution in [0.5, 0.6) is 0 Å². The number of para-hydroxylation sites is 1. The Morgan fingerprint density at radius 3 is 2.70 bits per heavy atom. The van der Waals surface area contributed by atoms with Gasteiger partial charge in [-0.05, 0) is 25.0 Å². The summed E-state index contributed by atoms with van der Waals surface area (Å²) in [6.07, 6.45) is 1.41. The number of nitrogens with one attached hydrogen (secondary N) is 2. The Hall–Kier alpha value is -2.19. The van der Waals surface area contributed by atoms with Crippen molar-refractivity contribution in [3.63, 3.8) is 0 Å². The number of nitrogen functional groups attached to an aromatic ring is 1. The third kappa shape index (κ3) is 3.03. The van der Waals surface area contributed by atoms with Gasteiger partial charge in [0.2, 0.25) is 0 Å². The largest absolute Gasteiger partial charge is 0.381 e. The van der Waals surface area contributed by atoms with Crippen molar-refractivity contribution in [2.24, 2.45) is 5.84 Å². The van der Waals surface area contributed by atoms with Crippen molar-refractivity contribution in [3.05, 3.63) is 33.9 Å². The lowest BCUT2D eigenvalue weighted by atomic mass is 10.1. The van der Waals surface area contributed by atoms with E-state index in [4.69, 9.17) is 10.6 Å². The lowest BCUT2D eigenvalue weighted by Gasteiger charge is -2.23. The van der Waals surface area contributed by atoms with E-state index in [1.807, 2.05) is 0 Å². The summed E-state index contributed by atoms with van der Waals surface area (Å²) >= 11 is 0. The Morgan fingerprint density at radius 1 is 1.40 bits per heavy atom. The molecule has 1 aliphatic rings. The van der Waals surface area contributed by atoms with Gasteiger partial charge in [-0.3, -0.25) is 20.8 Å². The molecule has 1 aromatic carbocycles. The van der Waals surface area contributed by atoms with Gasteiger partial charge in [-0.1, -0.05) is 6.07 Å². The number of benzene rings is 1. The van der Waals surface area contributed by atoms with Gasteiger partial charge in [0.25, 0.3) is 5.91 Å². The zero-order valence-corrected chi connectivity index (χ0v) is 10.8.